The van der Waals surface area contributed by atoms with Crippen molar-refractivity contribution >= 4 is 47.8 Å². The lowest BCUT2D eigenvalue weighted by Gasteiger charge is -2.07. The summed E-state index contributed by atoms with van der Waals surface area (Å²) in [5.74, 6) is -0.897. The smallest absolute Gasteiger partial charge is 0.177 e. The largest absolute Gasteiger partial charge is 0.505 e. The fraction of sp³-hybridized carbons (Fsp3) is 0. The van der Waals surface area contributed by atoms with Crippen LogP contribution in [0.1, 0.15) is 0 Å². The Kier molecular flexibility index (Phi) is 2.90. The molecular weight excluding hydrogens is 360 g/mol. The summed E-state index contributed by atoms with van der Waals surface area (Å²) >= 11 is 8.90. The molecule has 0 saturated carbocycles. The van der Waals surface area contributed by atoms with Gasteiger partial charge in [-0.25, -0.2) is 0 Å². The van der Waals surface area contributed by atoms with Crippen molar-refractivity contribution in [3.63, 3.8) is 0 Å². The number of halogens is 3. The molecule has 0 aliphatic heterocycles. The van der Waals surface area contributed by atoms with Crippen LogP contribution in [0.15, 0.2) is 13.4 Å². The van der Waals surface area contributed by atoms with Crippen LogP contribution in [0.25, 0.3) is 0 Å². The summed E-state index contributed by atoms with van der Waals surface area (Å²) in [5, 5.41) is 27.7. The highest BCUT2D eigenvalue weighted by molar-refractivity contribution is 9.13. The molecule has 0 heterocycles. The lowest BCUT2D eigenvalue weighted by Crippen LogP contribution is -1.79. The number of hydrogen-bond donors (Lipinski definition) is 3. The molecule has 1 rings (SSSR count). The van der Waals surface area contributed by atoms with E-state index in [0.717, 1.165) is 0 Å². The summed E-state index contributed by atoms with van der Waals surface area (Å²) in [6.45, 7) is 0. The first kappa shape index (κ1) is 10.1. The number of aromatic hydroxyl groups is 3. The zero-order valence-electron chi connectivity index (χ0n) is 5.48. The van der Waals surface area contributed by atoms with Gasteiger partial charge in [0, 0.05) is 0 Å². The molecule has 0 fully saturated rings. The van der Waals surface area contributed by atoms with Crippen LogP contribution >= 0.6 is 47.8 Å². The van der Waals surface area contributed by atoms with Crippen LogP contribution in [0, 0.1) is 0 Å². The van der Waals surface area contributed by atoms with Gasteiger partial charge in [-0.15, -0.1) is 0 Å². The predicted octanol–water partition coefficient (Wildman–Crippen LogP) is 3.09. The van der Waals surface area contributed by atoms with Crippen LogP contribution in [0.4, 0.5) is 0 Å². The van der Waals surface area contributed by atoms with E-state index in [9.17, 15) is 15.3 Å². The van der Waals surface area contributed by atoms with Crippen molar-refractivity contribution in [1.29, 1.82) is 0 Å². The van der Waals surface area contributed by atoms with Gasteiger partial charge in [-0.3, -0.25) is 0 Å². The van der Waals surface area contributed by atoms with Gasteiger partial charge >= 0.3 is 0 Å². The predicted molar refractivity (Wildman–Crippen MR) is 54.5 cm³/mol. The first-order valence-corrected chi connectivity index (χ1v) is 5.12. The molecule has 3 nitrogen and oxygen atoms in total. The van der Waals surface area contributed by atoms with E-state index in [4.69, 9.17) is 0 Å². The third-order valence-electron chi connectivity index (χ3n) is 1.25. The Hall–Kier alpha value is 0.0600. The van der Waals surface area contributed by atoms with Crippen molar-refractivity contribution < 1.29 is 15.3 Å². The van der Waals surface area contributed by atoms with Crippen LogP contribution in [0.3, 0.4) is 0 Å². The summed E-state index contributed by atoms with van der Waals surface area (Å²) in [7, 11) is 0. The number of phenols is 3. The maximum absolute atomic E-state index is 9.30. The normalized spacial score (nSPS) is 10.2. The highest BCUT2D eigenvalue weighted by Crippen LogP contribution is 2.50. The molecule has 0 aromatic heterocycles. The molecule has 1 aromatic rings. The summed E-state index contributed by atoms with van der Waals surface area (Å²) in [6.07, 6.45) is 0. The molecular formula is C6H3Br3O3. The third-order valence-corrected chi connectivity index (χ3v) is 4.08. The molecule has 0 aliphatic carbocycles. The van der Waals surface area contributed by atoms with Gasteiger partial charge in [0.25, 0.3) is 0 Å². The average molecular weight is 363 g/mol. The van der Waals surface area contributed by atoms with E-state index in [1.54, 1.807) is 0 Å². The summed E-state index contributed by atoms with van der Waals surface area (Å²) in [4.78, 5) is 0. The minimum Gasteiger partial charge on any atom is -0.505 e. The van der Waals surface area contributed by atoms with E-state index < -0.39 is 5.75 Å². The Morgan fingerprint density at radius 1 is 0.583 bits per heavy atom. The molecule has 0 atom stereocenters. The minimum absolute atomic E-state index is 0.0510. The van der Waals surface area contributed by atoms with Gasteiger partial charge in [0.05, 0.1) is 8.95 Å². The molecule has 0 saturated heterocycles. The lowest BCUT2D eigenvalue weighted by molar-refractivity contribution is 0.389. The fourth-order valence-corrected chi connectivity index (χ4v) is 2.04. The maximum atomic E-state index is 9.30. The van der Waals surface area contributed by atoms with Crippen LogP contribution in [-0.2, 0) is 0 Å². The molecule has 0 bridgehead atoms. The molecule has 6 heteroatoms. The Morgan fingerprint density at radius 2 is 0.917 bits per heavy atom. The molecule has 12 heavy (non-hydrogen) atoms. The third kappa shape index (κ3) is 1.43. The van der Waals surface area contributed by atoms with Gasteiger partial charge in [-0.2, -0.15) is 0 Å². The Morgan fingerprint density at radius 3 is 1.42 bits per heavy atom. The van der Waals surface area contributed by atoms with E-state index in [1.165, 1.54) is 0 Å². The number of phenolic OH excluding ortho intramolecular Hbond substituents is 3. The van der Waals surface area contributed by atoms with E-state index in [0.29, 0.717) is 0 Å². The van der Waals surface area contributed by atoms with Crippen LogP contribution in [0.2, 0.25) is 0 Å². The Labute approximate surface area is 93.4 Å². The van der Waals surface area contributed by atoms with E-state index in [1.807, 2.05) is 0 Å². The topological polar surface area (TPSA) is 60.7 Å². The molecule has 66 valence electrons. The van der Waals surface area contributed by atoms with Crippen molar-refractivity contribution in [3.8, 4) is 17.2 Å². The molecule has 0 radical (unpaired) electrons. The van der Waals surface area contributed by atoms with Crippen LogP contribution < -0.4 is 0 Å². The molecule has 0 spiro atoms. The van der Waals surface area contributed by atoms with Gasteiger partial charge in [0.2, 0.25) is 0 Å². The quantitative estimate of drug-likeness (QED) is 0.377. The SMILES string of the molecule is Oc1c(O)c(Br)c(Br)c(O)c1Br. The molecule has 1 aromatic carbocycles. The molecule has 0 amide bonds. The van der Waals surface area contributed by atoms with Crippen molar-refractivity contribution in [3.05, 3.63) is 13.4 Å². The molecule has 3 N–H and O–H groups in total. The average Bonchev–Trinajstić information content (AvgIpc) is 2.08. The number of benzene rings is 1. The van der Waals surface area contributed by atoms with Crippen LogP contribution in [0.5, 0.6) is 17.2 Å². The standard InChI is InChI=1S/C6H3Br3O3/c7-1-2(8)5(11)6(12)3(9)4(1)10/h10-12H. The van der Waals surface area contributed by atoms with Gasteiger partial charge in [-0.05, 0) is 47.8 Å². The maximum Gasteiger partial charge on any atom is 0.177 e. The molecule has 0 unspecified atom stereocenters. The number of hydrogen-bond acceptors (Lipinski definition) is 3. The Bertz CT molecular complexity index is 232. The Balaban J connectivity index is 3.60. The summed E-state index contributed by atoms with van der Waals surface area (Å²) in [6, 6.07) is 0. The van der Waals surface area contributed by atoms with Gasteiger partial charge in [0.1, 0.15) is 10.2 Å². The highest BCUT2D eigenvalue weighted by atomic mass is 79.9. The minimum atomic E-state index is -0.400. The zero-order chi connectivity index (χ0) is 9.46. The van der Waals surface area contributed by atoms with Crippen molar-refractivity contribution in [2.24, 2.45) is 0 Å². The van der Waals surface area contributed by atoms with E-state index >= 15 is 0 Å². The second-order valence-electron chi connectivity index (χ2n) is 1.99. The number of rotatable bonds is 0. The van der Waals surface area contributed by atoms with Gasteiger partial charge in [-0.1, -0.05) is 0 Å². The zero-order valence-corrected chi connectivity index (χ0v) is 10.2. The van der Waals surface area contributed by atoms with Gasteiger partial charge < -0.3 is 15.3 Å². The summed E-state index contributed by atoms with van der Waals surface area (Å²) in [5.41, 5.74) is 0. The van der Waals surface area contributed by atoms with Crippen molar-refractivity contribution in [2.75, 3.05) is 0 Å². The first-order valence-electron chi connectivity index (χ1n) is 2.74. The van der Waals surface area contributed by atoms with Crippen molar-refractivity contribution in [1.82, 2.24) is 0 Å². The summed E-state index contributed by atoms with van der Waals surface area (Å²) < 4.78 is 0.542. The fourth-order valence-electron chi connectivity index (χ4n) is 0.624. The lowest BCUT2D eigenvalue weighted by atomic mass is 10.3. The molecule has 0 aliphatic rings. The van der Waals surface area contributed by atoms with Gasteiger partial charge in [0.15, 0.2) is 11.5 Å². The van der Waals surface area contributed by atoms with Crippen molar-refractivity contribution in [2.45, 2.75) is 0 Å². The highest BCUT2D eigenvalue weighted by Gasteiger charge is 2.18. The van der Waals surface area contributed by atoms with E-state index in [2.05, 4.69) is 47.8 Å². The monoisotopic (exact) mass is 360 g/mol. The van der Waals surface area contributed by atoms with E-state index in [-0.39, 0.29) is 24.9 Å². The second kappa shape index (κ2) is 3.43. The second-order valence-corrected chi connectivity index (χ2v) is 4.37. The first-order chi connectivity index (χ1) is 5.46. The van der Waals surface area contributed by atoms with Crippen LogP contribution in [-0.4, -0.2) is 15.3 Å².